The first-order valence-corrected chi connectivity index (χ1v) is 6.83. The molecule has 1 N–H and O–H groups in total. The molecule has 0 saturated heterocycles. The van der Waals surface area contributed by atoms with Gasteiger partial charge in [-0.15, -0.1) is 0 Å². The Morgan fingerprint density at radius 2 is 2.00 bits per heavy atom. The van der Waals surface area contributed by atoms with E-state index in [-0.39, 0.29) is 11.9 Å². The molecule has 0 saturated carbocycles. The summed E-state index contributed by atoms with van der Waals surface area (Å²) in [5.74, 6) is -0.284. The number of hydrogen-bond donors (Lipinski definition) is 1. The van der Waals surface area contributed by atoms with Gasteiger partial charge in [0.1, 0.15) is 5.82 Å². The van der Waals surface area contributed by atoms with E-state index in [1.807, 2.05) is 7.05 Å². The van der Waals surface area contributed by atoms with Gasteiger partial charge in [0.05, 0.1) is 0 Å². The lowest BCUT2D eigenvalue weighted by molar-refractivity contribution is 0.347. The van der Waals surface area contributed by atoms with Crippen LogP contribution in [0.15, 0.2) is 18.2 Å². The van der Waals surface area contributed by atoms with Crippen molar-refractivity contribution in [3.8, 4) is 0 Å². The van der Waals surface area contributed by atoms with Crippen LogP contribution in [0.5, 0.6) is 0 Å². The molecule has 0 aliphatic rings. The molecule has 0 aliphatic carbocycles. The highest BCUT2D eigenvalue weighted by Gasteiger charge is 2.15. The predicted molar refractivity (Wildman–Crippen MR) is 76.5 cm³/mol. The topological polar surface area (TPSA) is 12.0 Å². The van der Waals surface area contributed by atoms with Gasteiger partial charge < -0.3 is 5.32 Å². The molecular formula is C15H23ClFN. The van der Waals surface area contributed by atoms with Gasteiger partial charge >= 0.3 is 0 Å². The third-order valence-electron chi connectivity index (χ3n) is 3.11. The van der Waals surface area contributed by atoms with Crippen LogP contribution in [0.4, 0.5) is 4.39 Å². The average Bonchev–Trinajstić information content (AvgIpc) is 2.24. The van der Waals surface area contributed by atoms with Gasteiger partial charge in [-0.05, 0) is 43.0 Å². The number of benzene rings is 1. The maximum Gasteiger partial charge on any atom is 0.124 e. The fourth-order valence-corrected chi connectivity index (χ4v) is 2.37. The van der Waals surface area contributed by atoms with E-state index in [2.05, 4.69) is 26.1 Å². The van der Waals surface area contributed by atoms with Crippen LogP contribution in [-0.2, 0) is 0 Å². The summed E-state index contributed by atoms with van der Waals surface area (Å²) in [7, 11) is 1.92. The molecular weight excluding hydrogens is 249 g/mol. The monoisotopic (exact) mass is 271 g/mol. The molecule has 3 heteroatoms. The Hall–Kier alpha value is -0.600. The molecule has 0 aromatic heterocycles. The van der Waals surface area contributed by atoms with E-state index in [1.54, 1.807) is 6.07 Å². The Balaban J connectivity index is 2.66. The smallest absolute Gasteiger partial charge is 0.124 e. The summed E-state index contributed by atoms with van der Waals surface area (Å²) in [5, 5.41) is 3.76. The van der Waals surface area contributed by atoms with Crippen molar-refractivity contribution >= 4 is 11.6 Å². The van der Waals surface area contributed by atoms with Gasteiger partial charge in [-0.2, -0.15) is 0 Å². The van der Waals surface area contributed by atoms with Crippen LogP contribution in [0.3, 0.4) is 0 Å². The maximum absolute atomic E-state index is 13.0. The summed E-state index contributed by atoms with van der Waals surface area (Å²) >= 11 is 6.09. The summed E-state index contributed by atoms with van der Waals surface area (Å²) in [4.78, 5) is 0. The van der Waals surface area contributed by atoms with E-state index in [9.17, 15) is 4.39 Å². The average molecular weight is 272 g/mol. The molecule has 0 radical (unpaired) electrons. The van der Waals surface area contributed by atoms with Crippen molar-refractivity contribution in [1.29, 1.82) is 0 Å². The standard InChI is InChI=1S/C15H23ClFN/c1-15(2,3)9-5-6-14(18-4)12-8-7-11(17)10-13(12)16/h7-8,10,14,18H,5-6,9H2,1-4H3. The predicted octanol–water partition coefficient (Wildman–Crippen LogP) is 4.96. The third-order valence-corrected chi connectivity index (χ3v) is 3.43. The lowest BCUT2D eigenvalue weighted by Gasteiger charge is -2.22. The Labute approximate surface area is 115 Å². The number of halogens is 2. The van der Waals surface area contributed by atoms with Crippen LogP contribution in [0.25, 0.3) is 0 Å². The number of hydrogen-bond acceptors (Lipinski definition) is 1. The van der Waals surface area contributed by atoms with Gasteiger partial charge in [-0.3, -0.25) is 0 Å². The number of nitrogens with one attached hydrogen (secondary N) is 1. The van der Waals surface area contributed by atoms with E-state index in [4.69, 9.17) is 11.6 Å². The molecule has 0 spiro atoms. The first-order valence-electron chi connectivity index (χ1n) is 6.46. The summed E-state index contributed by atoms with van der Waals surface area (Å²) in [5.41, 5.74) is 1.33. The van der Waals surface area contributed by atoms with E-state index in [0.29, 0.717) is 10.4 Å². The van der Waals surface area contributed by atoms with Gasteiger partial charge in [-0.1, -0.05) is 44.9 Å². The minimum absolute atomic E-state index is 0.195. The molecule has 1 unspecified atom stereocenters. The largest absolute Gasteiger partial charge is 0.313 e. The van der Waals surface area contributed by atoms with Crippen LogP contribution in [0.2, 0.25) is 5.02 Å². The molecule has 102 valence electrons. The zero-order valence-electron chi connectivity index (χ0n) is 11.7. The van der Waals surface area contributed by atoms with Crippen molar-refractivity contribution in [2.75, 3.05) is 7.05 Å². The molecule has 1 aromatic carbocycles. The van der Waals surface area contributed by atoms with E-state index in [0.717, 1.165) is 18.4 Å². The van der Waals surface area contributed by atoms with E-state index in [1.165, 1.54) is 18.6 Å². The highest BCUT2D eigenvalue weighted by molar-refractivity contribution is 6.31. The summed E-state index contributed by atoms with van der Waals surface area (Å²) in [6, 6.07) is 4.82. The fraction of sp³-hybridized carbons (Fsp3) is 0.600. The highest BCUT2D eigenvalue weighted by Crippen LogP contribution is 2.29. The van der Waals surface area contributed by atoms with E-state index >= 15 is 0 Å². The van der Waals surface area contributed by atoms with Gasteiger partial charge in [0.2, 0.25) is 0 Å². The second-order valence-electron chi connectivity index (χ2n) is 5.96. The van der Waals surface area contributed by atoms with Crippen molar-refractivity contribution in [3.63, 3.8) is 0 Å². The summed E-state index contributed by atoms with van der Waals surface area (Å²) in [6.45, 7) is 6.73. The van der Waals surface area contributed by atoms with Gasteiger partial charge in [0.15, 0.2) is 0 Å². The van der Waals surface area contributed by atoms with Crippen molar-refractivity contribution in [2.45, 2.75) is 46.1 Å². The van der Waals surface area contributed by atoms with Crippen LogP contribution in [-0.4, -0.2) is 7.05 Å². The summed E-state index contributed by atoms with van der Waals surface area (Å²) in [6.07, 6.45) is 3.31. The number of rotatable bonds is 5. The van der Waals surface area contributed by atoms with E-state index < -0.39 is 0 Å². The van der Waals surface area contributed by atoms with Crippen LogP contribution < -0.4 is 5.32 Å². The van der Waals surface area contributed by atoms with Crippen molar-refractivity contribution in [2.24, 2.45) is 5.41 Å². The molecule has 1 atom stereocenters. The molecule has 0 aliphatic heterocycles. The van der Waals surface area contributed by atoms with Crippen LogP contribution in [0, 0.1) is 11.2 Å². The first kappa shape index (κ1) is 15.5. The third kappa shape index (κ3) is 4.95. The lowest BCUT2D eigenvalue weighted by Crippen LogP contribution is -2.17. The van der Waals surface area contributed by atoms with Crippen LogP contribution in [0.1, 0.15) is 51.6 Å². The van der Waals surface area contributed by atoms with Gasteiger partial charge in [-0.25, -0.2) is 4.39 Å². The molecule has 1 nitrogen and oxygen atoms in total. The summed E-state index contributed by atoms with van der Waals surface area (Å²) < 4.78 is 13.0. The molecule has 1 rings (SSSR count). The van der Waals surface area contributed by atoms with Crippen molar-refractivity contribution in [1.82, 2.24) is 5.32 Å². The minimum atomic E-state index is -0.284. The van der Waals surface area contributed by atoms with Crippen molar-refractivity contribution in [3.05, 3.63) is 34.6 Å². The lowest BCUT2D eigenvalue weighted by atomic mass is 9.88. The quantitative estimate of drug-likeness (QED) is 0.798. The Bertz CT molecular complexity index is 385. The van der Waals surface area contributed by atoms with Crippen LogP contribution >= 0.6 is 11.6 Å². The molecule has 0 bridgehead atoms. The SMILES string of the molecule is CNC(CCCC(C)(C)C)c1ccc(F)cc1Cl. The minimum Gasteiger partial charge on any atom is -0.313 e. The normalized spacial score (nSPS) is 13.7. The Morgan fingerprint density at radius 1 is 1.33 bits per heavy atom. The Morgan fingerprint density at radius 3 is 2.50 bits per heavy atom. The molecule has 1 aromatic rings. The van der Waals surface area contributed by atoms with Gasteiger partial charge in [0.25, 0.3) is 0 Å². The van der Waals surface area contributed by atoms with Crippen molar-refractivity contribution < 1.29 is 4.39 Å². The molecule has 0 heterocycles. The zero-order chi connectivity index (χ0) is 13.8. The molecule has 0 fully saturated rings. The fourth-order valence-electron chi connectivity index (χ4n) is 2.08. The molecule has 18 heavy (non-hydrogen) atoms. The zero-order valence-corrected chi connectivity index (χ0v) is 12.4. The second kappa shape index (κ2) is 6.53. The first-order chi connectivity index (χ1) is 8.33. The molecule has 0 amide bonds. The Kier molecular flexibility index (Phi) is 5.61. The maximum atomic E-state index is 13.0. The van der Waals surface area contributed by atoms with Gasteiger partial charge in [0, 0.05) is 11.1 Å². The highest BCUT2D eigenvalue weighted by atomic mass is 35.5. The second-order valence-corrected chi connectivity index (χ2v) is 6.37.